The van der Waals surface area contributed by atoms with Crippen LogP contribution in [0.5, 0.6) is 46.3 Å². The van der Waals surface area contributed by atoms with Gasteiger partial charge in [-0.25, -0.2) is 19.9 Å². The van der Waals surface area contributed by atoms with Crippen molar-refractivity contribution in [2.24, 2.45) is 7.05 Å². The third kappa shape index (κ3) is 6.72. The van der Waals surface area contributed by atoms with E-state index in [-0.39, 0.29) is 0 Å². The number of ether oxygens (including phenoxy) is 4. The summed E-state index contributed by atoms with van der Waals surface area (Å²) in [4.78, 5) is 18.4. The third-order valence-electron chi connectivity index (χ3n) is 9.60. The van der Waals surface area contributed by atoms with Crippen molar-refractivity contribution in [3.8, 4) is 63.5 Å². The molecule has 0 unspecified atom stereocenters. The Morgan fingerprint density at radius 2 is 0.930 bits per heavy atom. The Morgan fingerprint density at radius 1 is 0.421 bits per heavy atom. The molecule has 10 rings (SSSR count). The Balaban J connectivity index is 1.03. The molecule has 10 heteroatoms. The predicted octanol–water partition coefficient (Wildman–Crippen LogP) is 11.7. The molecule has 0 atom stereocenters. The molecule has 0 N–H and O–H groups in total. The van der Waals surface area contributed by atoms with E-state index in [1.165, 1.54) is 0 Å². The van der Waals surface area contributed by atoms with Crippen molar-refractivity contribution < 1.29 is 18.9 Å². The van der Waals surface area contributed by atoms with Crippen LogP contribution < -0.4 is 18.9 Å². The maximum Gasteiger partial charge on any atom is 0.234 e. The molecule has 5 aromatic heterocycles. The lowest BCUT2D eigenvalue weighted by molar-refractivity contribution is 0.448. The second-order valence-electron chi connectivity index (χ2n) is 13.3. The zero-order valence-electron chi connectivity index (χ0n) is 30.6. The van der Waals surface area contributed by atoms with Crippen molar-refractivity contribution in [3.05, 3.63) is 176 Å². The fraction of sp³-hybridized carbons (Fsp3) is 0.0213. The molecule has 0 radical (unpaired) electrons. The molecule has 0 bridgehead atoms. The zero-order chi connectivity index (χ0) is 38.1. The first-order chi connectivity index (χ1) is 28.1. The van der Waals surface area contributed by atoms with Crippen LogP contribution in [-0.2, 0) is 7.05 Å². The van der Waals surface area contributed by atoms with Gasteiger partial charge in [-0.1, -0.05) is 42.5 Å². The number of aromatic nitrogens is 6. The third-order valence-corrected chi connectivity index (χ3v) is 9.60. The van der Waals surface area contributed by atoms with Crippen molar-refractivity contribution >= 4 is 32.7 Å². The van der Waals surface area contributed by atoms with Gasteiger partial charge < -0.3 is 23.5 Å². The van der Waals surface area contributed by atoms with E-state index in [0.29, 0.717) is 52.2 Å². The molecule has 0 aliphatic carbocycles. The Kier molecular flexibility index (Phi) is 8.45. The monoisotopic (exact) mass is 744 g/mol. The summed E-state index contributed by atoms with van der Waals surface area (Å²) in [5.41, 5.74) is 4.81. The van der Waals surface area contributed by atoms with Crippen LogP contribution in [0.1, 0.15) is 0 Å². The summed E-state index contributed by atoms with van der Waals surface area (Å²) < 4.78 is 29.0. The summed E-state index contributed by atoms with van der Waals surface area (Å²) in [6, 6.07) is 48.5. The number of benzene rings is 5. The van der Waals surface area contributed by atoms with Gasteiger partial charge in [-0.15, -0.1) is 0 Å². The van der Waals surface area contributed by atoms with Crippen LogP contribution in [0.2, 0.25) is 0 Å². The Hall–Kier alpha value is -7.98. The molecule has 5 heterocycles. The molecule has 0 aliphatic heterocycles. The summed E-state index contributed by atoms with van der Waals surface area (Å²) in [5, 5.41) is 3.16. The molecule has 0 saturated carbocycles. The SMILES string of the molecule is Cn1c(-c2cnc(-n3c4cc(Oc5cccc(Oc6ccccn6)c5)ccc4c4ccc(Oc5cccc(Oc6ccccn6)c5)cc43)nc2)cc2ccccc21. The Bertz CT molecular complexity index is 2890. The lowest BCUT2D eigenvalue weighted by Crippen LogP contribution is -2.02. The number of aryl methyl sites for hydroxylation is 1. The van der Waals surface area contributed by atoms with E-state index in [2.05, 4.69) is 51.9 Å². The summed E-state index contributed by atoms with van der Waals surface area (Å²) in [5.74, 6) is 5.23. The van der Waals surface area contributed by atoms with Crippen LogP contribution in [-0.4, -0.2) is 29.1 Å². The number of para-hydroxylation sites is 1. The van der Waals surface area contributed by atoms with Crippen molar-refractivity contribution in [1.82, 2.24) is 29.1 Å². The average Bonchev–Trinajstić information content (AvgIpc) is 3.75. The summed E-state index contributed by atoms with van der Waals surface area (Å²) in [7, 11) is 2.06. The second-order valence-corrected chi connectivity index (χ2v) is 13.3. The van der Waals surface area contributed by atoms with Crippen molar-refractivity contribution in [2.45, 2.75) is 0 Å². The van der Waals surface area contributed by atoms with Crippen molar-refractivity contribution in [3.63, 3.8) is 0 Å². The lowest BCUT2D eigenvalue weighted by atomic mass is 10.1. The smallest absolute Gasteiger partial charge is 0.234 e. The summed E-state index contributed by atoms with van der Waals surface area (Å²) in [6.45, 7) is 0. The van der Waals surface area contributed by atoms with E-state index in [9.17, 15) is 0 Å². The minimum absolute atomic E-state index is 0.501. The number of hydrogen-bond donors (Lipinski definition) is 0. The number of rotatable bonds is 10. The van der Waals surface area contributed by atoms with E-state index in [0.717, 1.165) is 44.0 Å². The van der Waals surface area contributed by atoms with Gasteiger partial charge in [0.1, 0.15) is 34.5 Å². The van der Waals surface area contributed by atoms with Crippen LogP contribution in [0, 0.1) is 0 Å². The van der Waals surface area contributed by atoms with Gasteiger partial charge in [0.05, 0.1) is 16.7 Å². The number of hydrogen-bond acceptors (Lipinski definition) is 8. The second kappa shape index (κ2) is 14.3. The van der Waals surface area contributed by atoms with Gasteiger partial charge in [0.25, 0.3) is 0 Å². The molecule has 0 spiro atoms. The molecule has 0 aliphatic rings. The first-order valence-corrected chi connectivity index (χ1v) is 18.3. The number of fused-ring (bicyclic) bond motifs is 4. The molecule has 10 aromatic rings. The van der Waals surface area contributed by atoms with E-state index >= 15 is 0 Å². The largest absolute Gasteiger partial charge is 0.457 e. The minimum Gasteiger partial charge on any atom is -0.457 e. The quantitative estimate of drug-likeness (QED) is 0.136. The molecular weight excluding hydrogens is 713 g/mol. The minimum atomic E-state index is 0.501. The number of pyridine rings is 2. The lowest BCUT2D eigenvalue weighted by Gasteiger charge is -2.11. The fourth-order valence-electron chi connectivity index (χ4n) is 6.99. The maximum atomic E-state index is 6.43. The first-order valence-electron chi connectivity index (χ1n) is 18.3. The van der Waals surface area contributed by atoms with Gasteiger partial charge in [0, 0.05) is 95.5 Å². The molecule has 5 aromatic carbocycles. The standard InChI is InChI=1S/C47H32N6O4/c1-52-41-15-3-2-10-31(41)24-42(52)32-29-50-47(51-30-32)53-43-27-37(54-33-11-8-13-35(25-33)56-45-16-4-6-22-48-45)18-20-39(43)40-21-19-38(28-44(40)53)55-34-12-9-14-36(26-34)57-46-17-5-7-23-49-46/h2-30H,1H3. The molecule has 0 saturated heterocycles. The van der Waals surface area contributed by atoms with Gasteiger partial charge in [-0.3, -0.25) is 4.57 Å². The maximum absolute atomic E-state index is 6.43. The van der Waals surface area contributed by atoms with Crippen LogP contribution in [0.15, 0.2) is 176 Å². The van der Waals surface area contributed by atoms with Crippen LogP contribution in [0.25, 0.3) is 49.9 Å². The fourth-order valence-corrected chi connectivity index (χ4v) is 6.99. The molecule has 0 fully saturated rings. The highest BCUT2D eigenvalue weighted by molar-refractivity contribution is 6.09. The molecule has 57 heavy (non-hydrogen) atoms. The predicted molar refractivity (Wildman–Crippen MR) is 220 cm³/mol. The summed E-state index contributed by atoms with van der Waals surface area (Å²) >= 11 is 0. The first kappa shape index (κ1) is 33.6. The van der Waals surface area contributed by atoms with Gasteiger partial charge in [0.15, 0.2) is 0 Å². The van der Waals surface area contributed by atoms with Gasteiger partial charge in [-0.05, 0) is 72.8 Å². The molecular formula is C47H32N6O4. The highest BCUT2D eigenvalue weighted by Crippen LogP contribution is 2.38. The molecule has 10 nitrogen and oxygen atoms in total. The molecule has 0 amide bonds. The van der Waals surface area contributed by atoms with E-state index in [4.69, 9.17) is 28.9 Å². The van der Waals surface area contributed by atoms with Crippen LogP contribution in [0.4, 0.5) is 0 Å². The van der Waals surface area contributed by atoms with Crippen molar-refractivity contribution in [1.29, 1.82) is 0 Å². The highest BCUT2D eigenvalue weighted by Gasteiger charge is 2.18. The van der Waals surface area contributed by atoms with Gasteiger partial charge in [0.2, 0.25) is 17.7 Å². The highest BCUT2D eigenvalue weighted by atomic mass is 16.5. The van der Waals surface area contributed by atoms with E-state index < -0.39 is 0 Å². The average molecular weight is 745 g/mol. The Morgan fingerprint density at radius 3 is 1.46 bits per heavy atom. The van der Waals surface area contributed by atoms with E-state index in [1.54, 1.807) is 12.4 Å². The van der Waals surface area contributed by atoms with Crippen molar-refractivity contribution in [2.75, 3.05) is 0 Å². The molecule has 274 valence electrons. The Labute approximate surface area is 326 Å². The zero-order valence-corrected chi connectivity index (χ0v) is 30.6. The summed E-state index contributed by atoms with van der Waals surface area (Å²) in [6.07, 6.45) is 7.12. The van der Waals surface area contributed by atoms with Crippen LogP contribution in [0.3, 0.4) is 0 Å². The normalized spacial score (nSPS) is 11.2. The van der Waals surface area contributed by atoms with Gasteiger partial charge >= 0.3 is 0 Å². The van der Waals surface area contributed by atoms with Gasteiger partial charge in [-0.2, -0.15) is 0 Å². The van der Waals surface area contributed by atoms with Crippen LogP contribution >= 0.6 is 0 Å². The topological polar surface area (TPSA) is 98.3 Å². The number of nitrogens with zero attached hydrogens (tertiary/aromatic N) is 6. The van der Waals surface area contributed by atoms with E-state index in [1.807, 2.05) is 138 Å².